The molecule has 0 bridgehead atoms. The van der Waals surface area contributed by atoms with Gasteiger partial charge in [0.15, 0.2) is 0 Å². The molecule has 1 N–H and O–H groups in total. The summed E-state index contributed by atoms with van der Waals surface area (Å²) in [5, 5.41) is 0.265. The maximum Gasteiger partial charge on any atom is 0.253 e. The maximum absolute atomic E-state index is 12.3. The molecule has 0 unspecified atom stereocenters. The van der Waals surface area contributed by atoms with Crippen molar-refractivity contribution in [3.63, 3.8) is 0 Å². The molecule has 0 spiro atoms. The van der Waals surface area contributed by atoms with Gasteiger partial charge in [-0.05, 0) is 18.2 Å². The zero-order chi connectivity index (χ0) is 14.8. The Balaban J connectivity index is 2.24. The van der Waals surface area contributed by atoms with Crippen LogP contribution in [-0.4, -0.2) is 50.1 Å². The second-order valence-electron chi connectivity index (χ2n) is 4.47. The van der Waals surface area contributed by atoms with E-state index < -0.39 is 10.0 Å². The fourth-order valence-corrected chi connectivity index (χ4v) is 3.58. The van der Waals surface area contributed by atoms with Crippen LogP contribution in [-0.2, 0) is 10.0 Å². The van der Waals surface area contributed by atoms with Crippen molar-refractivity contribution in [2.75, 3.05) is 35.6 Å². The summed E-state index contributed by atoms with van der Waals surface area (Å²) in [7, 11) is -3.43. The maximum atomic E-state index is 12.3. The molecule has 20 heavy (non-hydrogen) atoms. The molecular formula is C12H15ClN2O3S2. The molecule has 1 heterocycles. The fraction of sp³-hybridized carbons (Fsp3) is 0.417. The fourth-order valence-electron chi connectivity index (χ4n) is 1.89. The first kappa shape index (κ1) is 15.5. The lowest BCUT2D eigenvalue weighted by molar-refractivity contribution is 0.0772. The van der Waals surface area contributed by atoms with Gasteiger partial charge in [0.05, 0.1) is 17.0 Å². The lowest BCUT2D eigenvalue weighted by Gasteiger charge is -2.26. The number of hydrogen-bond donors (Lipinski definition) is 1. The number of sulfonamides is 1. The molecule has 0 aliphatic carbocycles. The van der Waals surface area contributed by atoms with Crippen molar-refractivity contribution in [1.29, 1.82) is 0 Å². The van der Waals surface area contributed by atoms with E-state index in [1.165, 1.54) is 12.1 Å². The third-order valence-corrected chi connectivity index (χ3v) is 4.67. The van der Waals surface area contributed by atoms with Crippen LogP contribution >= 0.6 is 23.4 Å². The summed E-state index contributed by atoms with van der Waals surface area (Å²) in [6.07, 6.45) is 1.04. The highest BCUT2D eigenvalue weighted by Gasteiger charge is 2.19. The number of carbonyl (C=O) groups is 1. The standard InChI is InChI=1S/C12H15ClN2O3S2/c1-20(17,18)14-11-8-9(2-3-10(11)13)12(16)15-4-6-19-7-5-15/h2-3,8,14H,4-7H2,1H3. The third kappa shape index (κ3) is 4.04. The van der Waals surface area contributed by atoms with Crippen LogP contribution in [0.1, 0.15) is 10.4 Å². The number of rotatable bonds is 3. The molecule has 0 radical (unpaired) electrons. The van der Waals surface area contributed by atoms with Gasteiger partial charge in [-0.1, -0.05) is 11.6 Å². The third-order valence-electron chi connectivity index (χ3n) is 2.81. The lowest BCUT2D eigenvalue weighted by atomic mass is 10.1. The predicted octanol–water partition coefficient (Wildman–Crippen LogP) is 1.90. The molecule has 0 aromatic heterocycles. The smallest absolute Gasteiger partial charge is 0.253 e. The number of thioether (sulfide) groups is 1. The summed E-state index contributed by atoms with van der Waals surface area (Å²) in [4.78, 5) is 14.1. The average molecular weight is 335 g/mol. The van der Waals surface area contributed by atoms with Crippen LogP contribution in [0.2, 0.25) is 5.02 Å². The molecule has 1 aromatic rings. The summed E-state index contributed by atoms with van der Waals surface area (Å²) in [5.74, 6) is 1.75. The van der Waals surface area contributed by atoms with Crippen LogP contribution in [0.15, 0.2) is 18.2 Å². The van der Waals surface area contributed by atoms with E-state index in [0.29, 0.717) is 18.7 Å². The molecule has 0 atom stereocenters. The number of nitrogens with one attached hydrogen (secondary N) is 1. The van der Waals surface area contributed by atoms with Gasteiger partial charge >= 0.3 is 0 Å². The minimum absolute atomic E-state index is 0.0986. The molecular weight excluding hydrogens is 320 g/mol. The minimum atomic E-state index is -3.43. The van der Waals surface area contributed by atoms with Gasteiger partial charge in [0.2, 0.25) is 10.0 Å². The number of benzene rings is 1. The van der Waals surface area contributed by atoms with Gasteiger partial charge in [-0.25, -0.2) is 8.42 Å². The van der Waals surface area contributed by atoms with Crippen LogP contribution in [0.5, 0.6) is 0 Å². The molecule has 1 amide bonds. The second kappa shape index (κ2) is 6.24. The van der Waals surface area contributed by atoms with Gasteiger partial charge in [0.1, 0.15) is 0 Å². The average Bonchev–Trinajstić information content (AvgIpc) is 2.40. The van der Waals surface area contributed by atoms with E-state index in [4.69, 9.17) is 11.6 Å². The van der Waals surface area contributed by atoms with Crippen molar-refractivity contribution < 1.29 is 13.2 Å². The molecule has 1 fully saturated rings. The largest absolute Gasteiger partial charge is 0.337 e. The van der Waals surface area contributed by atoms with Crippen molar-refractivity contribution in [3.8, 4) is 0 Å². The Labute approximate surface area is 127 Å². The zero-order valence-corrected chi connectivity index (χ0v) is 13.3. The number of carbonyl (C=O) groups excluding carboxylic acids is 1. The van der Waals surface area contributed by atoms with Crippen LogP contribution < -0.4 is 4.72 Å². The SMILES string of the molecule is CS(=O)(=O)Nc1cc(C(=O)N2CCSCC2)ccc1Cl. The predicted molar refractivity (Wildman–Crippen MR) is 83.1 cm³/mol. The quantitative estimate of drug-likeness (QED) is 0.916. The Hall–Kier alpha value is -0.920. The summed E-state index contributed by atoms with van der Waals surface area (Å²) >= 11 is 7.76. The topological polar surface area (TPSA) is 66.5 Å². The summed E-state index contributed by atoms with van der Waals surface area (Å²) in [6.45, 7) is 1.42. The van der Waals surface area contributed by atoms with Gasteiger partial charge in [0.25, 0.3) is 5.91 Å². The van der Waals surface area contributed by atoms with E-state index in [1.807, 2.05) is 11.8 Å². The Kier molecular flexibility index (Phi) is 4.82. The van der Waals surface area contributed by atoms with E-state index in [-0.39, 0.29) is 16.6 Å². The molecule has 8 heteroatoms. The normalized spacial score (nSPS) is 16.0. The summed E-state index contributed by atoms with van der Waals surface area (Å²) < 4.78 is 24.8. The van der Waals surface area contributed by atoms with Crippen LogP contribution in [0.25, 0.3) is 0 Å². The van der Waals surface area contributed by atoms with E-state index >= 15 is 0 Å². The zero-order valence-electron chi connectivity index (χ0n) is 10.9. The number of nitrogens with zero attached hydrogens (tertiary/aromatic N) is 1. The number of anilines is 1. The van der Waals surface area contributed by atoms with Crippen LogP contribution in [0, 0.1) is 0 Å². The van der Waals surface area contributed by atoms with E-state index in [2.05, 4.69) is 4.72 Å². The highest BCUT2D eigenvalue weighted by molar-refractivity contribution is 7.99. The van der Waals surface area contributed by atoms with E-state index in [0.717, 1.165) is 17.8 Å². The number of hydrogen-bond acceptors (Lipinski definition) is 4. The highest BCUT2D eigenvalue weighted by Crippen LogP contribution is 2.25. The molecule has 1 aliphatic heterocycles. The minimum Gasteiger partial charge on any atom is -0.337 e. The molecule has 0 saturated carbocycles. The Morgan fingerprint density at radius 2 is 2.00 bits per heavy atom. The van der Waals surface area contributed by atoms with Crippen molar-refractivity contribution in [3.05, 3.63) is 28.8 Å². The first-order valence-corrected chi connectivity index (χ1v) is 9.43. The Morgan fingerprint density at radius 1 is 1.35 bits per heavy atom. The lowest BCUT2D eigenvalue weighted by Crippen LogP contribution is -2.37. The van der Waals surface area contributed by atoms with Gasteiger partial charge < -0.3 is 4.90 Å². The first-order valence-electron chi connectivity index (χ1n) is 6.01. The second-order valence-corrected chi connectivity index (χ2v) is 7.85. The monoisotopic (exact) mass is 334 g/mol. The molecule has 5 nitrogen and oxygen atoms in total. The van der Waals surface area contributed by atoms with Gasteiger partial charge in [-0.2, -0.15) is 11.8 Å². The van der Waals surface area contributed by atoms with E-state index in [1.54, 1.807) is 11.0 Å². The molecule has 110 valence electrons. The molecule has 1 aromatic carbocycles. The van der Waals surface area contributed by atoms with Gasteiger partial charge in [0, 0.05) is 30.2 Å². The summed E-state index contributed by atoms with van der Waals surface area (Å²) in [6, 6.07) is 4.62. The number of halogens is 1. The Morgan fingerprint density at radius 3 is 2.60 bits per heavy atom. The molecule has 2 rings (SSSR count). The number of amides is 1. The van der Waals surface area contributed by atoms with Crippen LogP contribution in [0.3, 0.4) is 0 Å². The molecule has 1 saturated heterocycles. The van der Waals surface area contributed by atoms with Crippen molar-refractivity contribution >= 4 is 45.0 Å². The Bertz CT molecular complexity index is 613. The molecule has 1 aliphatic rings. The van der Waals surface area contributed by atoms with Crippen molar-refractivity contribution in [1.82, 2.24) is 4.90 Å². The van der Waals surface area contributed by atoms with Crippen molar-refractivity contribution in [2.24, 2.45) is 0 Å². The van der Waals surface area contributed by atoms with Gasteiger partial charge in [-0.3, -0.25) is 9.52 Å². The van der Waals surface area contributed by atoms with E-state index in [9.17, 15) is 13.2 Å². The van der Waals surface area contributed by atoms with Crippen LogP contribution in [0.4, 0.5) is 5.69 Å². The van der Waals surface area contributed by atoms with Gasteiger partial charge in [-0.15, -0.1) is 0 Å². The first-order chi connectivity index (χ1) is 9.37. The summed E-state index contributed by atoms with van der Waals surface area (Å²) in [5.41, 5.74) is 0.666. The highest BCUT2D eigenvalue weighted by atomic mass is 35.5. The van der Waals surface area contributed by atoms with Crippen molar-refractivity contribution in [2.45, 2.75) is 0 Å².